The van der Waals surface area contributed by atoms with Gasteiger partial charge in [-0.2, -0.15) is 5.10 Å². The van der Waals surface area contributed by atoms with E-state index in [1.54, 1.807) is 18.2 Å². The summed E-state index contributed by atoms with van der Waals surface area (Å²) in [7, 11) is 0. The number of fused-ring (bicyclic) bond motifs is 1. The second-order valence-corrected chi connectivity index (χ2v) is 5.50. The molecule has 0 aliphatic carbocycles. The van der Waals surface area contributed by atoms with Gasteiger partial charge in [0.05, 0.1) is 5.52 Å². The Hall–Kier alpha value is -2.34. The van der Waals surface area contributed by atoms with Crippen LogP contribution in [0.5, 0.6) is 0 Å². The number of anilines is 1. The third-order valence-electron chi connectivity index (χ3n) is 3.04. The Kier molecular flexibility index (Phi) is 3.62. The van der Waals surface area contributed by atoms with Crippen molar-refractivity contribution in [1.82, 2.24) is 10.2 Å². The fourth-order valence-corrected chi connectivity index (χ4v) is 2.48. The Balaban J connectivity index is 1.79. The van der Waals surface area contributed by atoms with Gasteiger partial charge in [-0.15, -0.1) is 0 Å². The Morgan fingerprint density at radius 1 is 1.29 bits per heavy atom. The van der Waals surface area contributed by atoms with Crippen molar-refractivity contribution >= 4 is 38.5 Å². The van der Waals surface area contributed by atoms with E-state index in [-0.39, 0.29) is 12.3 Å². The van der Waals surface area contributed by atoms with Crippen molar-refractivity contribution in [2.45, 2.75) is 6.61 Å². The summed E-state index contributed by atoms with van der Waals surface area (Å²) in [5, 5.41) is 7.45. The normalized spacial score (nSPS) is 10.7. The van der Waals surface area contributed by atoms with Crippen LogP contribution in [0.3, 0.4) is 0 Å². The van der Waals surface area contributed by atoms with E-state index in [4.69, 9.17) is 10.5 Å². The fraction of sp³-hybridized carbons (Fsp3) is 0.0667. The number of ether oxygens (including phenoxy) is 1. The molecule has 5 nitrogen and oxygen atoms in total. The summed E-state index contributed by atoms with van der Waals surface area (Å²) in [4.78, 5) is 12.1. The number of rotatable bonds is 3. The zero-order valence-electron chi connectivity index (χ0n) is 11.0. The first-order valence-corrected chi connectivity index (χ1v) is 7.08. The molecule has 0 bridgehead atoms. The molecule has 0 aliphatic rings. The van der Waals surface area contributed by atoms with E-state index in [0.717, 1.165) is 15.6 Å². The summed E-state index contributed by atoms with van der Waals surface area (Å²) < 4.78 is 6.23. The molecular formula is C15H12BrN3O2. The number of benzene rings is 2. The molecule has 21 heavy (non-hydrogen) atoms. The van der Waals surface area contributed by atoms with Crippen molar-refractivity contribution < 1.29 is 9.53 Å². The average molecular weight is 346 g/mol. The lowest BCUT2D eigenvalue weighted by Crippen LogP contribution is -2.06. The van der Waals surface area contributed by atoms with Crippen LogP contribution in [0.25, 0.3) is 10.9 Å². The average Bonchev–Trinajstić information content (AvgIpc) is 2.88. The van der Waals surface area contributed by atoms with E-state index in [1.807, 2.05) is 24.3 Å². The van der Waals surface area contributed by atoms with Crippen LogP contribution >= 0.6 is 15.9 Å². The topological polar surface area (TPSA) is 81.0 Å². The molecule has 3 N–H and O–H groups in total. The standard InChI is InChI=1S/C15H12BrN3O2/c16-10-3-1-2-9(6-10)8-21-15(20)14-12-7-11(17)4-5-13(12)18-19-14/h1-7H,8,17H2,(H,18,19). The number of hydrogen-bond acceptors (Lipinski definition) is 4. The molecular weight excluding hydrogens is 334 g/mol. The third-order valence-corrected chi connectivity index (χ3v) is 3.53. The van der Waals surface area contributed by atoms with Crippen LogP contribution in [0.1, 0.15) is 16.1 Å². The summed E-state index contributed by atoms with van der Waals surface area (Å²) in [6.45, 7) is 0.189. The van der Waals surface area contributed by atoms with Gasteiger partial charge in [0, 0.05) is 15.5 Å². The molecule has 0 amide bonds. The highest BCUT2D eigenvalue weighted by molar-refractivity contribution is 9.10. The monoisotopic (exact) mass is 345 g/mol. The molecule has 0 radical (unpaired) electrons. The molecule has 0 aliphatic heterocycles. The second kappa shape index (κ2) is 5.57. The quantitative estimate of drug-likeness (QED) is 0.563. The molecule has 0 atom stereocenters. The smallest absolute Gasteiger partial charge is 0.359 e. The van der Waals surface area contributed by atoms with Gasteiger partial charge in [-0.05, 0) is 35.9 Å². The van der Waals surface area contributed by atoms with Gasteiger partial charge in [0.15, 0.2) is 5.69 Å². The minimum atomic E-state index is -0.480. The number of carbonyl (C=O) groups excluding carboxylic acids is 1. The summed E-state index contributed by atoms with van der Waals surface area (Å²) in [5.74, 6) is -0.480. The highest BCUT2D eigenvalue weighted by Gasteiger charge is 2.15. The first kappa shape index (κ1) is 13.6. The lowest BCUT2D eigenvalue weighted by Gasteiger charge is -2.04. The number of aromatic nitrogens is 2. The number of nitrogens with two attached hydrogens (primary N) is 1. The second-order valence-electron chi connectivity index (χ2n) is 4.58. The SMILES string of the molecule is Nc1ccc2[nH]nc(C(=O)OCc3cccc(Br)c3)c2c1. The molecule has 1 heterocycles. The molecule has 0 spiro atoms. The predicted octanol–water partition coefficient (Wildman–Crippen LogP) is 3.26. The minimum Gasteiger partial charge on any atom is -0.456 e. The van der Waals surface area contributed by atoms with Crippen molar-refractivity contribution in [3.05, 3.63) is 58.2 Å². The number of esters is 1. The van der Waals surface area contributed by atoms with Crippen molar-refractivity contribution in [1.29, 1.82) is 0 Å². The highest BCUT2D eigenvalue weighted by atomic mass is 79.9. The summed E-state index contributed by atoms with van der Waals surface area (Å²) in [6, 6.07) is 12.8. The lowest BCUT2D eigenvalue weighted by molar-refractivity contribution is 0.0468. The largest absolute Gasteiger partial charge is 0.456 e. The van der Waals surface area contributed by atoms with Crippen molar-refractivity contribution in [2.24, 2.45) is 0 Å². The molecule has 0 saturated carbocycles. The zero-order valence-corrected chi connectivity index (χ0v) is 12.6. The van der Waals surface area contributed by atoms with Gasteiger partial charge in [0.2, 0.25) is 0 Å². The Bertz CT molecular complexity index is 814. The van der Waals surface area contributed by atoms with E-state index < -0.39 is 5.97 Å². The minimum absolute atomic E-state index is 0.189. The molecule has 3 rings (SSSR count). The van der Waals surface area contributed by atoms with E-state index >= 15 is 0 Å². The van der Waals surface area contributed by atoms with Gasteiger partial charge in [-0.3, -0.25) is 5.10 Å². The van der Waals surface area contributed by atoms with Gasteiger partial charge < -0.3 is 10.5 Å². The highest BCUT2D eigenvalue weighted by Crippen LogP contribution is 2.20. The first-order valence-electron chi connectivity index (χ1n) is 6.28. The lowest BCUT2D eigenvalue weighted by atomic mass is 10.2. The summed E-state index contributed by atoms with van der Waals surface area (Å²) in [6.07, 6.45) is 0. The van der Waals surface area contributed by atoms with Crippen LogP contribution in [0.4, 0.5) is 5.69 Å². The van der Waals surface area contributed by atoms with Crippen LogP contribution in [0.15, 0.2) is 46.9 Å². The molecule has 106 valence electrons. The van der Waals surface area contributed by atoms with Gasteiger partial charge >= 0.3 is 5.97 Å². The number of carbonyl (C=O) groups is 1. The Morgan fingerprint density at radius 2 is 2.14 bits per heavy atom. The molecule has 2 aromatic carbocycles. The van der Waals surface area contributed by atoms with Gasteiger partial charge in [-0.25, -0.2) is 4.79 Å². The maximum absolute atomic E-state index is 12.1. The summed E-state index contributed by atoms with van der Waals surface area (Å²) >= 11 is 3.38. The number of aromatic amines is 1. The van der Waals surface area contributed by atoms with Crippen LogP contribution < -0.4 is 5.73 Å². The van der Waals surface area contributed by atoms with Gasteiger partial charge in [-0.1, -0.05) is 28.1 Å². The van der Waals surface area contributed by atoms with E-state index in [0.29, 0.717) is 11.1 Å². The van der Waals surface area contributed by atoms with E-state index in [2.05, 4.69) is 26.1 Å². The molecule has 0 unspecified atom stereocenters. The van der Waals surface area contributed by atoms with E-state index in [1.165, 1.54) is 0 Å². The third kappa shape index (κ3) is 2.90. The van der Waals surface area contributed by atoms with Crippen LogP contribution in [0.2, 0.25) is 0 Å². The maximum Gasteiger partial charge on any atom is 0.359 e. The number of halogens is 1. The molecule has 0 fully saturated rings. The molecule has 0 saturated heterocycles. The summed E-state index contributed by atoms with van der Waals surface area (Å²) in [5.41, 5.74) is 8.20. The van der Waals surface area contributed by atoms with Crippen molar-refractivity contribution in [3.63, 3.8) is 0 Å². The zero-order chi connectivity index (χ0) is 14.8. The van der Waals surface area contributed by atoms with Crippen molar-refractivity contribution in [3.8, 4) is 0 Å². The van der Waals surface area contributed by atoms with Crippen molar-refractivity contribution in [2.75, 3.05) is 5.73 Å². The van der Waals surface area contributed by atoms with Crippen LogP contribution in [0, 0.1) is 0 Å². The number of nitrogens with zero attached hydrogens (tertiary/aromatic N) is 1. The fourth-order valence-electron chi connectivity index (χ4n) is 2.03. The van der Waals surface area contributed by atoms with Crippen LogP contribution in [-0.2, 0) is 11.3 Å². The number of nitrogens with one attached hydrogen (secondary N) is 1. The number of nitrogen functional groups attached to an aromatic ring is 1. The molecule has 6 heteroatoms. The van der Waals surface area contributed by atoms with Crippen LogP contribution in [-0.4, -0.2) is 16.2 Å². The first-order chi connectivity index (χ1) is 10.1. The van der Waals surface area contributed by atoms with Gasteiger partial charge in [0.1, 0.15) is 6.61 Å². The molecule has 3 aromatic rings. The van der Waals surface area contributed by atoms with Gasteiger partial charge in [0.25, 0.3) is 0 Å². The Labute approximate surface area is 129 Å². The maximum atomic E-state index is 12.1. The van der Waals surface area contributed by atoms with E-state index in [9.17, 15) is 4.79 Å². The Morgan fingerprint density at radius 3 is 2.95 bits per heavy atom. The number of H-pyrrole nitrogens is 1. The predicted molar refractivity (Wildman–Crippen MR) is 83.8 cm³/mol. The molecule has 1 aromatic heterocycles. The number of hydrogen-bond donors (Lipinski definition) is 2.